The number of sulfone groups is 1. The summed E-state index contributed by atoms with van der Waals surface area (Å²) >= 11 is 5.88. The fourth-order valence-corrected chi connectivity index (χ4v) is 3.80. The van der Waals surface area contributed by atoms with Crippen molar-refractivity contribution in [1.29, 1.82) is 0 Å². The number of benzene rings is 1. The summed E-state index contributed by atoms with van der Waals surface area (Å²) in [7, 11) is -3.43. The lowest BCUT2D eigenvalue weighted by atomic mass is 10.3. The number of hydrogen-bond acceptors (Lipinski definition) is 4. The number of hydrogen-bond donors (Lipinski definition) is 1. The zero-order chi connectivity index (χ0) is 11.8. The van der Waals surface area contributed by atoms with Gasteiger partial charge in [-0.2, -0.15) is 0 Å². The third-order valence-electron chi connectivity index (χ3n) is 2.59. The summed E-state index contributed by atoms with van der Waals surface area (Å²) in [6, 6.07) is 4.47. The first-order valence-corrected chi connectivity index (χ1v) is 6.81. The van der Waals surface area contributed by atoms with Crippen molar-refractivity contribution in [2.45, 2.75) is 16.6 Å². The minimum Gasteiger partial charge on any atom is -0.399 e. The lowest BCUT2D eigenvalue weighted by Gasteiger charge is -2.11. The number of nitrogen functional groups attached to an aromatic ring is 1. The molecule has 0 saturated carbocycles. The Labute approximate surface area is 99.3 Å². The van der Waals surface area contributed by atoms with Crippen molar-refractivity contribution < 1.29 is 13.2 Å². The van der Waals surface area contributed by atoms with E-state index in [-0.39, 0.29) is 16.5 Å². The average molecular weight is 262 g/mol. The van der Waals surface area contributed by atoms with Gasteiger partial charge in [-0.05, 0) is 24.6 Å². The van der Waals surface area contributed by atoms with Crippen LogP contribution in [0, 0.1) is 0 Å². The van der Waals surface area contributed by atoms with Crippen LogP contribution in [0.4, 0.5) is 5.69 Å². The Balaban J connectivity index is 2.46. The highest BCUT2D eigenvalue weighted by Crippen LogP contribution is 2.29. The summed E-state index contributed by atoms with van der Waals surface area (Å²) in [6.07, 6.45) is 0.507. The van der Waals surface area contributed by atoms with Crippen molar-refractivity contribution in [2.75, 3.05) is 18.9 Å². The van der Waals surface area contributed by atoms with E-state index in [0.29, 0.717) is 18.7 Å². The predicted molar refractivity (Wildman–Crippen MR) is 62.3 cm³/mol. The average Bonchev–Trinajstić information content (AvgIpc) is 2.75. The smallest absolute Gasteiger partial charge is 0.185 e. The van der Waals surface area contributed by atoms with Crippen LogP contribution < -0.4 is 5.73 Å². The second-order valence-electron chi connectivity index (χ2n) is 3.72. The van der Waals surface area contributed by atoms with E-state index >= 15 is 0 Å². The van der Waals surface area contributed by atoms with Crippen LogP contribution in [0.1, 0.15) is 6.42 Å². The minimum atomic E-state index is -3.43. The van der Waals surface area contributed by atoms with Crippen molar-refractivity contribution in [2.24, 2.45) is 0 Å². The lowest BCUT2D eigenvalue weighted by molar-refractivity contribution is 0.198. The van der Waals surface area contributed by atoms with E-state index in [1.54, 1.807) is 6.07 Å². The van der Waals surface area contributed by atoms with Gasteiger partial charge in [-0.15, -0.1) is 0 Å². The van der Waals surface area contributed by atoms with Crippen molar-refractivity contribution in [3.05, 3.63) is 23.2 Å². The number of halogens is 1. The molecule has 6 heteroatoms. The molecule has 1 aliphatic rings. The van der Waals surface area contributed by atoms with Crippen LogP contribution in [-0.4, -0.2) is 26.9 Å². The molecule has 2 N–H and O–H groups in total. The molecule has 0 radical (unpaired) electrons. The molecule has 0 spiro atoms. The maximum atomic E-state index is 12.2. The number of nitrogens with two attached hydrogens (primary N) is 1. The van der Waals surface area contributed by atoms with Gasteiger partial charge in [0.15, 0.2) is 9.84 Å². The second-order valence-corrected chi connectivity index (χ2v) is 6.32. The quantitative estimate of drug-likeness (QED) is 0.819. The second kappa shape index (κ2) is 4.24. The van der Waals surface area contributed by atoms with E-state index < -0.39 is 15.1 Å². The summed E-state index contributed by atoms with van der Waals surface area (Å²) in [5.74, 6) is 0. The van der Waals surface area contributed by atoms with Crippen molar-refractivity contribution >= 4 is 27.1 Å². The SMILES string of the molecule is Nc1ccc(Cl)c(S(=O)(=O)C2CCOC2)c1. The number of anilines is 1. The maximum absolute atomic E-state index is 12.2. The predicted octanol–water partition coefficient (Wildman–Crippen LogP) is 1.48. The Morgan fingerprint density at radius 3 is 2.81 bits per heavy atom. The van der Waals surface area contributed by atoms with E-state index in [9.17, 15) is 8.42 Å². The highest BCUT2D eigenvalue weighted by Gasteiger charge is 2.32. The normalized spacial score (nSPS) is 21.2. The van der Waals surface area contributed by atoms with E-state index in [0.717, 1.165) is 0 Å². The summed E-state index contributed by atoms with van der Waals surface area (Å²) < 4.78 is 29.5. The van der Waals surface area contributed by atoms with Gasteiger partial charge in [-0.1, -0.05) is 11.6 Å². The van der Waals surface area contributed by atoms with Gasteiger partial charge >= 0.3 is 0 Å². The first-order valence-electron chi connectivity index (χ1n) is 4.88. The van der Waals surface area contributed by atoms with Gasteiger partial charge in [0.2, 0.25) is 0 Å². The van der Waals surface area contributed by atoms with Crippen molar-refractivity contribution in [1.82, 2.24) is 0 Å². The molecule has 1 fully saturated rings. The molecule has 1 unspecified atom stereocenters. The van der Waals surface area contributed by atoms with Crippen LogP contribution in [-0.2, 0) is 14.6 Å². The lowest BCUT2D eigenvalue weighted by Crippen LogP contribution is -2.21. The Kier molecular flexibility index (Phi) is 3.10. The van der Waals surface area contributed by atoms with Crippen LogP contribution in [0.2, 0.25) is 5.02 Å². The third-order valence-corrected chi connectivity index (χ3v) is 5.23. The van der Waals surface area contributed by atoms with Gasteiger partial charge in [0.05, 0.1) is 21.8 Å². The van der Waals surface area contributed by atoms with Crippen LogP contribution in [0.15, 0.2) is 23.1 Å². The fraction of sp³-hybridized carbons (Fsp3) is 0.400. The minimum absolute atomic E-state index is 0.102. The molecule has 1 aromatic rings. The topological polar surface area (TPSA) is 69.4 Å². The monoisotopic (exact) mass is 261 g/mol. The fourth-order valence-electron chi connectivity index (χ4n) is 1.68. The molecule has 1 aromatic carbocycles. The molecular weight excluding hydrogens is 250 g/mol. The molecule has 16 heavy (non-hydrogen) atoms. The third kappa shape index (κ3) is 2.03. The van der Waals surface area contributed by atoms with Crippen molar-refractivity contribution in [3.8, 4) is 0 Å². The van der Waals surface area contributed by atoms with E-state index in [1.807, 2.05) is 0 Å². The van der Waals surface area contributed by atoms with E-state index in [1.165, 1.54) is 12.1 Å². The summed E-state index contributed by atoms with van der Waals surface area (Å²) in [4.78, 5) is 0.102. The van der Waals surface area contributed by atoms with Crippen LogP contribution in [0.3, 0.4) is 0 Å². The molecule has 0 aromatic heterocycles. The molecule has 1 atom stereocenters. The Morgan fingerprint density at radius 2 is 2.19 bits per heavy atom. The summed E-state index contributed by atoms with van der Waals surface area (Å²) in [6.45, 7) is 0.706. The molecule has 88 valence electrons. The summed E-state index contributed by atoms with van der Waals surface area (Å²) in [5.41, 5.74) is 5.96. The molecule has 1 saturated heterocycles. The molecule has 0 bridgehead atoms. The van der Waals surface area contributed by atoms with Crippen LogP contribution in [0.5, 0.6) is 0 Å². The van der Waals surface area contributed by atoms with Crippen molar-refractivity contribution in [3.63, 3.8) is 0 Å². The molecular formula is C10H12ClNO3S. The molecule has 1 heterocycles. The Hall–Kier alpha value is -0.780. The van der Waals surface area contributed by atoms with E-state index in [4.69, 9.17) is 22.1 Å². The molecule has 1 aliphatic heterocycles. The summed E-state index contributed by atoms with van der Waals surface area (Å²) in [5, 5.41) is -0.298. The molecule has 4 nitrogen and oxygen atoms in total. The first-order chi connectivity index (χ1) is 7.51. The van der Waals surface area contributed by atoms with Gasteiger partial charge in [0.1, 0.15) is 0 Å². The number of rotatable bonds is 2. The molecule has 0 aliphatic carbocycles. The molecule has 2 rings (SSSR count). The maximum Gasteiger partial charge on any atom is 0.185 e. The molecule has 0 amide bonds. The van der Waals surface area contributed by atoms with Gasteiger partial charge in [-0.3, -0.25) is 0 Å². The zero-order valence-electron chi connectivity index (χ0n) is 8.52. The highest BCUT2D eigenvalue weighted by molar-refractivity contribution is 7.92. The Bertz CT molecular complexity index is 495. The first kappa shape index (κ1) is 11.7. The zero-order valence-corrected chi connectivity index (χ0v) is 10.1. The standard InChI is InChI=1S/C10H12ClNO3S/c11-9-2-1-7(12)5-10(9)16(13,14)8-3-4-15-6-8/h1-2,5,8H,3-4,6,12H2. The van der Waals surface area contributed by atoms with Gasteiger partial charge < -0.3 is 10.5 Å². The van der Waals surface area contributed by atoms with Gasteiger partial charge in [-0.25, -0.2) is 8.42 Å². The largest absolute Gasteiger partial charge is 0.399 e. The number of ether oxygens (including phenoxy) is 1. The van der Waals surface area contributed by atoms with E-state index in [2.05, 4.69) is 0 Å². The van der Waals surface area contributed by atoms with Crippen LogP contribution >= 0.6 is 11.6 Å². The highest BCUT2D eigenvalue weighted by atomic mass is 35.5. The van der Waals surface area contributed by atoms with Gasteiger partial charge in [0.25, 0.3) is 0 Å². The van der Waals surface area contributed by atoms with Crippen LogP contribution in [0.25, 0.3) is 0 Å². The Morgan fingerprint density at radius 1 is 1.44 bits per heavy atom. The van der Waals surface area contributed by atoms with Gasteiger partial charge in [0, 0.05) is 12.3 Å².